The third-order valence-electron chi connectivity index (χ3n) is 10.2. The number of nitrogens with one attached hydrogen (secondary N) is 3. The van der Waals surface area contributed by atoms with Gasteiger partial charge in [-0.1, -0.05) is 57.2 Å². The third-order valence-corrected chi connectivity index (χ3v) is 12.0. The van der Waals surface area contributed by atoms with Crippen molar-refractivity contribution >= 4 is 45.9 Å². The molecule has 3 N–H and O–H groups in total. The van der Waals surface area contributed by atoms with Gasteiger partial charge < -0.3 is 25.2 Å². The summed E-state index contributed by atoms with van der Waals surface area (Å²) in [6.45, 7) is 11.2. The highest BCUT2D eigenvalue weighted by Crippen LogP contribution is 2.31. The van der Waals surface area contributed by atoms with Gasteiger partial charge in [0.1, 0.15) is 23.7 Å². The quantitative estimate of drug-likeness (QED) is 0.345. The van der Waals surface area contributed by atoms with Crippen LogP contribution in [0.15, 0.2) is 36.9 Å². The second-order valence-electron chi connectivity index (χ2n) is 14.3. The number of hydrogen-bond acceptors (Lipinski definition) is 8. The second-order valence-corrected chi connectivity index (χ2v) is 16.2. The number of benzene rings is 1. The Hall–Kier alpha value is -4.40. The fourth-order valence-corrected chi connectivity index (χ4v) is 7.88. The summed E-state index contributed by atoms with van der Waals surface area (Å²) in [5.74, 6) is -3.34. The summed E-state index contributed by atoms with van der Waals surface area (Å²) in [6.07, 6.45) is 5.22. The maximum Gasteiger partial charge on any atom is 0.410 e. The molecule has 272 valence electrons. The molecular weight excluding hydrogens is 664 g/mol. The van der Waals surface area contributed by atoms with Crippen molar-refractivity contribution in [1.82, 2.24) is 30.1 Å². The van der Waals surface area contributed by atoms with E-state index in [2.05, 4.69) is 21.9 Å². The molecule has 1 aliphatic carbocycles. The molecule has 0 spiro atoms. The molecule has 1 aromatic carbocycles. The Morgan fingerprint density at radius 3 is 2.52 bits per heavy atom. The van der Waals surface area contributed by atoms with Gasteiger partial charge in [-0.2, -0.15) is 0 Å². The number of amides is 6. The molecule has 6 amide bonds. The van der Waals surface area contributed by atoms with Gasteiger partial charge in [-0.25, -0.2) is 18.0 Å². The number of urea groups is 1. The summed E-state index contributed by atoms with van der Waals surface area (Å²) in [6, 6.07) is 3.14. The number of ether oxygens (including phenoxy) is 1. The first-order chi connectivity index (χ1) is 23.5. The highest BCUT2D eigenvalue weighted by atomic mass is 32.2. The zero-order chi connectivity index (χ0) is 36.5. The Morgan fingerprint density at radius 1 is 1.14 bits per heavy atom. The molecular formula is C35H48N6O8S. The summed E-state index contributed by atoms with van der Waals surface area (Å²) >= 11 is 0. The third kappa shape index (κ3) is 7.67. The van der Waals surface area contributed by atoms with Crippen LogP contribution < -0.4 is 15.4 Å². The lowest BCUT2D eigenvalue weighted by molar-refractivity contribution is -0.142. The van der Waals surface area contributed by atoms with Gasteiger partial charge in [0.05, 0.1) is 18.3 Å². The van der Waals surface area contributed by atoms with Crippen LogP contribution in [0.2, 0.25) is 0 Å². The first kappa shape index (κ1) is 36.9. The average Bonchev–Trinajstić information content (AvgIpc) is 3.71. The van der Waals surface area contributed by atoms with Crippen LogP contribution in [0.5, 0.6) is 0 Å². The number of rotatable bonds is 8. The molecule has 3 aliphatic heterocycles. The molecule has 0 aromatic heterocycles. The summed E-state index contributed by atoms with van der Waals surface area (Å²) in [5, 5.41) is 4.86. The van der Waals surface area contributed by atoms with Crippen molar-refractivity contribution in [2.24, 2.45) is 11.8 Å². The summed E-state index contributed by atoms with van der Waals surface area (Å²) in [4.78, 5) is 73.1. The van der Waals surface area contributed by atoms with Crippen LogP contribution in [0.3, 0.4) is 0 Å². The summed E-state index contributed by atoms with van der Waals surface area (Å²) in [7, 11) is -2.30. The van der Waals surface area contributed by atoms with Crippen LogP contribution in [0.1, 0.15) is 70.1 Å². The lowest BCUT2D eigenvalue weighted by Gasteiger charge is -2.36. The monoisotopic (exact) mass is 712 g/mol. The minimum atomic E-state index is -3.94. The molecule has 1 saturated heterocycles. The lowest BCUT2D eigenvalue weighted by atomic mass is 9.85. The summed E-state index contributed by atoms with van der Waals surface area (Å²) in [5.41, 5.74) is 1.17. The fourth-order valence-electron chi connectivity index (χ4n) is 6.49. The Kier molecular flexibility index (Phi) is 10.7. The maximum atomic E-state index is 14.3. The van der Waals surface area contributed by atoms with Gasteiger partial charge in [0.2, 0.25) is 21.8 Å². The Bertz CT molecular complexity index is 1690. The van der Waals surface area contributed by atoms with Gasteiger partial charge >= 0.3 is 12.1 Å². The molecule has 4 bridgehead atoms. The predicted molar refractivity (Wildman–Crippen MR) is 186 cm³/mol. The normalized spacial score (nSPS) is 25.5. The van der Waals surface area contributed by atoms with Crippen LogP contribution in [0.25, 0.3) is 6.08 Å². The number of sulfonamides is 1. The Morgan fingerprint density at radius 2 is 1.86 bits per heavy atom. The summed E-state index contributed by atoms with van der Waals surface area (Å²) < 4.78 is 33.4. The van der Waals surface area contributed by atoms with E-state index in [0.29, 0.717) is 38.9 Å². The topological polar surface area (TPSA) is 175 Å². The van der Waals surface area contributed by atoms with E-state index in [1.54, 1.807) is 32.7 Å². The molecule has 0 radical (unpaired) electrons. The molecule has 1 saturated carbocycles. The van der Waals surface area contributed by atoms with Gasteiger partial charge in [0.25, 0.3) is 5.91 Å². The van der Waals surface area contributed by atoms with Gasteiger partial charge in [0.15, 0.2) is 0 Å². The van der Waals surface area contributed by atoms with Crippen LogP contribution in [0, 0.1) is 11.8 Å². The van der Waals surface area contributed by atoms with Crippen molar-refractivity contribution in [2.75, 3.05) is 20.1 Å². The lowest BCUT2D eigenvalue weighted by Crippen LogP contribution is -2.64. The number of carbonyl (C=O) groups excluding carboxylic acids is 5. The van der Waals surface area contributed by atoms with E-state index in [9.17, 15) is 32.4 Å². The molecule has 15 heteroatoms. The maximum absolute atomic E-state index is 14.3. The average molecular weight is 713 g/mol. The number of fused-ring (bicyclic) bond motifs is 3. The molecule has 0 unspecified atom stereocenters. The largest absolute Gasteiger partial charge is 0.444 e. The van der Waals surface area contributed by atoms with E-state index < -0.39 is 74.8 Å². The van der Waals surface area contributed by atoms with E-state index in [-0.39, 0.29) is 18.9 Å². The van der Waals surface area contributed by atoms with Gasteiger partial charge in [0, 0.05) is 32.5 Å². The Balaban J connectivity index is 1.45. The van der Waals surface area contributed by atoms with Gasteiger partial charge in [-0.05, 0) is 48.8 Å². The Labute approximate surface area is 293 Å². The zero-order valence-corrected chi connectivity index (χ0v) is 30.1. The first-order valence-electron chi connectivity index (χ1n) is 17.1. The SMILES string of the molecule is C=C[C@H](C)[C@@](C)(NC(=O)[C@@H]1C[C@@H]2CN1C(=O)[C@H](C(C)C)NC(=O)N(C)CC/C=C/c1cccc3c1CN(C3)C(=O)O2)C(=O)NS(=O)(=O)C1CC1. The van der Waals surface area contributed by atoms with E-state index in [1.807, 2.05) is 30.4 Å². The first-order valence-corrected chi connectivity index (χ1v) is 18.7. The van der Waals surface area contributed by atoms with E-state index >= 15 is 0 Å². The standard InChI is InChI=1S/C35H48N6O8S/c1-7-22(4)35(5,32(44)38-50(47,48)26-14-15-26)37-30(42)28-17-25-19-41(28)31(43)29(21(2)3)36-33(45)39(6)16-9-8-11-23-12-10-13-24-18-40(20-27(23)24)34(46)49-25/h7-8,10-13,21-22,25-26,28-29H,1,9,14-20H2,2-6H3,(H,36,45)(H,37,42)(H,38,44)/b11-8+/t22-,25+,28-,29-,35+/m0/s1. The van der Waals surface area contributed by atoms with Crippen LogP contribution in [0.4, 0.5) is 9.59 Å². The van der Waals surface area contributed by atoms with Crippen molar-refractivity contribution in [3.8, 4) is 0 Å². The minimum Gasteiger partial charge on any atom is -0.444 e. The van der Waals surface area contributed by atoms with Crippen LogP contribution >= 0.6 is 0 Å². The van der Waals surface area contributed by atoms with Gasteiger partial charge in [-0.15, -0.1) is 6.58 Å². The molecule has 2 fully saturated rings. The van der Waals surface area contributed by atoms with E-state index in [1.165, 1.54) is 22.8 Å². The van der Waals surface area contributed by atoms with Crippen molar-refractivity contribution < 1.29 is 37.1 Å². The molecule has 3 heterocycles. The predicted octanol–water partition coefficient (Wildman–Crippen LogP) is 2.50. The second kappa shape index (κ2) is 14.4. The highest BCUT2D eigenvalue weighted by Gasteiger charge is 2.49. The number of carbonyl (C=O) groups is 5. The van der Waals surface area contributed by atoms with Crippen molar-refractivity contribution in [3.05, 3.63) is 53.6 Å². The molecule has 1 aromatic rings. The van der Waals surface area contributed by atoms with E-state index in [0.717, 1.165) is 16.7 Å². The number of hydrogen-bond donors (Lipinski definition) is 3. The van der Waals surface area contributed by atoms with Crippen LogP contribution in [-0.4, -0.2) is 102 Å². The molecule has 50 heavy (non-hydrogen) atoms. The van der Waals surface area contributed by atoms with Crippen molar-refractivity contribution in [3.63, 3.8) is 0 Å². The molecule has 5 rings (SSSR count). The van der Waals surface area contributed by atoms with Gasteiger partial charge in [-0.3, -0.25) is 24.0 Å². The smallest absolute Gasteiger partial charge is 0.410 e. The van der Waals surface area contributed by atoms with Crippen LogP contribution in [-0.2, 0) is 42.2 Å². The minimum absolute atomic E-state index is 0.0860. The number of nitrogens with zero attached hydrogens (tertiary/aromatic N) is 3. The van der Waals surface area contributed by atoms with Crippen molar-refractivity contribution in [2.45, 2.75) is 95.4 Å². The molecule has 5 atom stereocenters. The zero-order valence-electron chi connectivity index (χ0n) is 29.3. The van der Waals surface area contributed by atoms with Crippen molar-refractivity contribution in [1.29, 1.82) is 0 Å². The molecule has 14 nitrogen and oxygen atoms in total. The molecule has 4 aliphatic rings. The highest BCUT2D eigenvalue weighted by molar-refractivity contribution is 7.91. The fraction of sp³-hybridized carbons (Fsp3) is 0.571. The van der Waals surface area contributed by atoms with E-state index in [4.69, 9.17) is 4.74 Å².